The third-order valence-corrected chi connectivity index (χ3v) is 2.91. The van der Waals surface area contributed by atoms with Crippen LogP contribution >= 0.6 is 0 Å². The van der Waals surface area contributed by atoms with Crippen LogP contribution in [0.3, 0.4) is 0 Å². The predicted octanol–water partition coefficient (Wildman–Crippen LogP) is 2.76. The van der Waals surface area contributed by atoms with Gasteiger partial charge in [-0.3, -0.25) is 9.97 Å². The molecule has 2 rings (SSSR count). The van der Waals surface area contributed by atoms with E-state index in [4.69, 9.17) is 0 Å². The lowest BCUT2D eigenvalue weighted by Crippen LogP contribution is -2.24. The molecule has 0 aliphatic carbocycles. The molecule has 94 valence electrons. The summed E-state index contributed by atoms with van der Waals surface area (Å²) in [4.78, 5) is 8.25. The van der Waals surface area contributed by atoms with Crippen LogP contribution in [0.4, 0.5) is 0 Å². The molecule has 0 aliphatic heterocycles. The van der Waals surface area contributed by atoms with Crippen molar-refractivity contribution in [3.63, 3.8) is 0 Å². The van der Waals surface area contributed by atoms with E-state index in [9.17, 15) is 0 Å². The highest BCUT2D eigenvalue weighted by atomic mass is 14.9. The molecule has 18 heavy (non-hydrogen) atoms. The van der Waals surface area contributed by atoms with E-state index in [-0.39, 0.29) is 0 Å². The van der Waals surface area contributed by atoms with Crippen molar-refractivity contribution in [3.8, 4) is 0 Å². The Kier molecular flexibility index (Phi) is 4.85. The fourth-order valence-corrected chi connectivity index (χ4v) is 1.98. The minimum absolute atomic E-state index is 0.331. The summed E-state index contributed by atoms with van der Waals surface area (Å²) in [7, 11) is 0. The number of nitrogens with zero attached hydrogens (tertiary/aromatic N) is 2. The number of pyridine rings is 2. The molecule has 0 saturated carbocycles. The summed E-state index contributed by atoms with van der Waals surface area (Å²) in [6.45, 7) is 3.20. The maximum atomic E-state index is 4.17. The van der Waals surface area contributed by atoms with E-state index in [2.05, 4.69) is 40.4 Å². The van der Waals surface area contributed by atoms with Crippen molar-refractivity contribution >= 4 is 0 Å². The van der Waals surface area contributed by atoms with Gasteiger partial charge >= 0.3 is 0 Å². The summed E-state index contributed by atoms with van der Waals surface area (Å²) in [6.07, 6.45) is 9.52. The van der Waals surface area contributed by atoms with Gasteiger partial charge in [-0.05, 0) is 48.7 Å². The van der Waals surface area contributed by atoms with E-state index >= 15 is 0 Å². The average molecular weight is 241 g/mol. The van der Waals surface area contributed by atoms with Gasteiger partial charge in [0, 0.05) is 30.8 Å². The van der Waals surface area contributed by atoms with Gasteiger partial charge in [-0.1, -0.05) is 13.0 Å². The highest BCUT2D eigenvalue weighted by Crippen LogP contribution is 2.17. The Balaban J connectivity index is 2.10. The van der Waals surface area contributed by atoms with Crippen molar-refractivity contribution in [2.75, 3.05) is 6.54 Å². The zero-order chi connectivity index (χ0) is 12.6. The molecule has 0 spiro atoms. The van der Waals surface area contributed by atoms with E-state index in [0.717, 1.165) is 19.4 Å². The molecule has 2 aromatic rings. The SMILES string of the molecule is CCCNC(Cc1cccnc1)c1ccncc1. The van der Waals surface area contributed by atoms with E-state index < -0.39 is 0 Å². The number of hydrogen-bond donors (Lipinski definition) is 1. The Morgan fingerprint density at radius 3 is 2.61 bits per heavy atom. The third-order valence-electron chi connectivity index (χ3n) is 2.91. The molecule has 0 amide bonds. The molecule has 2 heterocycles. The maximum absolute atomic E-state index is 4.17. The van der Waals surface area contributed by atoms with Gasteiger partial charge in [-0.15, -0.1) is 0 Å². The van der Waals surface area contributed by atoms with Crippen LogP contribution in [0, 0.1) is 0 Å². The fraction of sp³-hybridized carbons (Fsp3) is 0.333. The summed E-state index contributed by atoms with van der Waals surface area (Å²) in [5, 5.41) is 3.58. The Hall–Kier alpha value is -1.74. The van der Waals surface area contributed by atoms with Gasteiger partial charge < -0.3 is 5.32 Å². The van der Waals surface area contributed by atoms with Crippen LogP contribution in [0.15, 0.2) is 49.1 Å². The number of nitrogens with one attached hydrogen (secondary N) is 1. The van der Waals surface area contributed by atoms with Crippen LogP contribution in [0.2, 0.25) is 0 Å². The lowest BCUT2D eigenvalue weighted by atomic mass is 10.0. The van der Waals surface area contributed by atoms with E-state index in [1.807, 2.05) is 30.9 Å². The lowest BCUT2D eigenvalue weighted by Gasteiger charge is -2.18. The number of rotatable bonds is 6. The largest absolute Gasteiger partial charge is 0.310 e. The second-order valence-electron chi connectivity index (χ2n) is 4.35. The monoisotopic (exact) mass is 241 g/mol. The van der Waals surface area contributed by atoms with Gasteiger partial charge in [-0.25, -0.2) is 0 Å². The van der Waals surface area contributed by atoms with Gasteiger partial charge in [0.05, 0.1) is 0 Å². The van der Waals surface area contributed by atoms with Gasteiger partial charge in [0.15, 0.2) is 0 Å². The maximum Gasteiger partial charge on any atom is 0.0362 e. The van der Waals surface area contributed by atoms with Crippen LogP contribution in [0.5, 0.6) is 0 Å². The molecule has 0 bridgehead atoms. The predicted molar refractivity (Wildman–Crippen MR) is 73.2 cm³/mol. The zero-order valence-electron chi connectivity index (χ0n) is 10.7. The topological polar surface area (TPSA) is 37.8 Å². The summed E-state index contributed by atoms with van der Waals surface area (Å²) in [5.74, 6) is 0. The molecule has 0 saturated heterocycles. The minimum Gasteiger partial charge on any atom is -0.310 e. The summed E-state index contributed by atoms with van der Waals surface area (Å²) in [6, 6.07) is 8.58. The number of hydrogen-bond acceptors (Lipinski definition) is 3. The van der Waals surface area contributed by atoms with Gasteiger partial charge in [0.1, 0.15) is 0 Å². The molecule has 1 atom stereocenters. The molecule has 3 nitrogen and oxygen atoms in total. The summed E-state index contributed by atoms with van der Waals surface area (Å²) >= 11 is 0. The molecule has 2 aromatic heterocycles. The first-order valence-corrected chi connectivity index (χ1v) is 6.42. The highest BCUT2D eigenvalue weighted by Gasteiger charge is 2.11. The molecular formula is C15H19N3. The van der Waals surface area contributed by atoms with Crippen LogP contribution in [0.25, 0.3) is 0 Å². The second kappa shape index (κ2) is 6.87. The normalized spacial score (nSPS) is 12.3. The molecular weight excluding hydrogens is 222 g/mol. The molecule has 1 unspecified atom stereocenters. The Morgan fingerprint density at radius 1 is 1.11 bits per heavy atom. The van der Waals surface area contributed by atoms with E-state index in [1.165, 1.54) is 11.1 Å². The molecule has 0 aliphatic rings. The van der Waals surface area contributed by atoms with Crippen molar-refractivity contribution in [2.24, 2.45) is 0 Å². The quantitative estimate of drug-likeness (QED) is 0.845. The van der Waals surface area contributed by atoms with Gasteiger partial charge in [-0.2, -0.15) is 0 Å². The molecule has 1 N–H and O–H groups in total. The first kappa shape index (κ1) is 12.7. The molecule has 0 aromatic carbocycles. The first-order valence-electron chi connectivity index (χ1n) is 6.42. The van der Waals surface area contributed by atoms with E-state index in [0.29, 0.717) is 6.04 Å². The Labute approximate surface area is 108 Å². The lowest BCUT2D eigenvalue weighted by molar-refractivity contribution is 0.528. The average Bonchev–Trinajstić information content (AvgIpc) is 2.45. The van der Waals surface area contributed by atoms with Crippen molar-refractivity contribution in [3.05, 3.63) is 60.2 Å². The van der Waals surface area contributed by atoms with Crippen molar-refractivity contribution in [1.82, 2.24) is 15.3 Å². The summed E-state index contributed by atoms with van der Waals surface area (Å²) < 4.78 is 0. The highest BCUT2D eigenvalue weighted by molar-refractivity contribution is 5.20. The Morgan fingerprint density at radius 2 is 1.94 bits per heavy atom. The van der Waals surface area contributed by atoms with Crippen LogP contribution in [0.1, 0.15) is 30.5 Å². The smallest absolute Gasteiger partial charge is 0.0362 e. The Bertz CT molecular complexity index is 442. The second-order valence-corrected chi connectivity index (χ2v) is 4.35. The van der Waals surface area contributed by atoms with E-state index in [1.54, 1.807) is 0 Å². The number of aromatic nitrogens is 2. The summed E-state index contributed by atoms with van der Waals surface area (Å²) in [5.41, 5.74) is 2.53. The van der Waals surface area contributed by atoms with Crippen molar-refractivity contribution in [1.29, 1.82) is 0 Å². The zero-order valence-corrected chi connectivity index (χ0v) is 10.7. The fourth-order valence-electron chi connectivity index (χ4n) is 1.98. The standard InChI is InChI=1S/C15H19N3/c1-2-7-18-15(14-5-9-16-10-6-14)11-13-4-3-8-17-12-13/h3-6,8-10,12,15,18H,2,7,11H2,1H3. The molecule has 0 radical (unpaired) electrons. The van der Waals surface area contributed by atoms with Gasteiger partial charge in [0.25, 0.3) is 0 Å². The van der Waals surface area contributed by atoms with Crippen molar-refractivity contribution in [2.45, 2.75) is 25.8 Å². The minimum atomic E-state index is 0.331. The van der Waals surface area contributed by atoms with Crippen molar-refractivity contribution < 1.29 is 0 Å². The first-order chi connectivity index (χ1) is 8.90. The van der Waals surface area contributed by atoms with Gasteiger partial charge in [0.2, 0.25) is 0 Å². The third kappa shape index (κ3) is 3.64. The van der Waals surface area contributed by atoms with Crippen LogP contribution in [-0.4, -0.2) is 16.5 Å². The molecule has 0 fully saturated rings. The molecule has 3 heteroatoms. The van der Waals surface area contributed by atoms with Crippen LogP contribution in [-0.2, 0) is 6.42 Å². The van der Waals surface area contributed by atoms with Crippen LogP contribution < -0.4 is 5.32 Å².